The summed E-state index contributed by atoms with van der Waals surface area (Å²) in [5.74, 6) is 3.40. The standard InChI is InChI=1S/C25H32N6O/c1-18-29-30-23(31(18)4)16-26-24(27-17-25(2,3)19-10-6-5-7-11-19)28-21-14-15-32-22-13-9-8-12-20(21)22/h5-13,21H,14-17H2,1-4H3,(H2,26,27,28). The summed E-state index contributed by atoms with van der Waals surface area (Å²) in [5, 5.41) is 15.6. The van der Waals surface area contributed by atoms with Crippen LogP contribution in [0, 0.1) is 6.92 Å². The molecule has 7 heteroatoms. The number of aromatic nitrogens is 3. The van der Waals surface area contributed by atoms with Crippen molar-refractivity contribution in [2.75, 3.05) is 13.2 Å². The van der Waals surface area contributed by atoms with E-state index >= 15 is 0 Å². The highest BCUT2D eigenvalue weighted by molar-refractivity contribution is 5.80. The van der Waals surface area contributed by atoms with Gasteiger partial charge in [-0.15, -0.1) is 10.2 Å². The van der Waals surface area contributed by atoms with Gasteiger partial charge in [0.25, 0.3) is 0 Å². The van der Waals surface area contributed by atoms with Crippen LogP contribution in [0.4, 0.5) is 0 Å². The van der Waals surface area contributed by atoms with Gasteiger partial charge in [-0.05, 0) is 18.6 Å². The van der Waals surface area contributed by atoms with Crippen molar-refractivity contribution in [2.45, 2.75) is 45.2 Å². The number of hydrogen-bond donors (Lipinski definition) is 2. The van der Waals surface area contributed by atoms with Gasteiger partial charge in [0, 0.05) is 31.0 Å². The van der Waals surface area contributed by atoms with Crippen molar-refractivity contribution in [2.24, 2.45) is 12.0 Å². The second kappa shape index (κ2) is 9.42. The summed E-state index contributed by atoms with van der Waals surface area (Å²) in [7, 11) is 1.97. The minimum absolute atomic E-state index is 0.0569. The number of hydrogen-bond acceptors (Lipinski definition) is 4. The summed E-state index contributed by atoms with van der Waals surface area (Å²) in [6.07, 6.45) is 0.878. The minimum Gasteiger partial charge on any atom is -0.493 e. The van der Waals surface area contributed by atoms with Crippen molar-refractivity contribution in [1.29, 1.82) is 0 Å². The lowest BCUT2D eigenvalue weighted by atomic mass is 9.85. The van der Waals surface area contributed by atoms with Gasteiger partial charge in [-0.2, -0.15) is 0 Å². The van der Waals surface area contributed by atoms with E-state index in [4.69, 9.17) is 9.73 Å². The van der Waals surface area contributed by atoms with Crippen LogP contribution >= 0.6 is 0 Å². The minimum atomic E-state index is -0.0569. The van der Waals surface area contributed by atoms with Crippen LogP contribution in [0.5, 0.6) is 5.75 Å². The molecule has 0 fully saturated rings. The fraction of sp³-hybridized carbons (Fsp3) is 0.400. The Hall–Kier alpha value is -3.35. The second-order valence-corrected chi connectivity index (χ2v) is 8.86. The monoisotopic (exact) mass is 432 g/mol. The van der Waals surface area contributed by atoms with Crippen molar-refractivity contribution in [3.05, 3.63) is 77.4 Å². The van der Waals surface area contributed by atoms with Gasteiger partial charge < -0.3 is 19.9 Å². The Morgan fingerprint density at radius 2 is 1.88 bits per heavy atom. The fourth-order valence-electron chi connectivity index (χ4n) is 3.84. The molecule has 1 atom stereocenters. The maximum absolute atomic E-state index is 5.83. The molecule has 2 aromatic carbocycles. The number of nitrogens with one attached hydrogen (secondary N) is 2. The Balaban J connectivity index is 1.54. The molecular formula is C25H32N6O. The van der Waals surface area contributed by atoms with Crippen molar-refractivity contribution < 1.29 is 4.74 Å². The number of benzene rings is 2. The van der Waals surface area contributed by atoms with E-state index in [0.717, 1.165) is 41.9 Å². The number of fused-ring (bicyclic) bond motifs is 1. The molecule has 4 rings (SSSR count). The van der Waals surface area contributed by atoms with Crippen molar-refractivity contribution in [3.63, 3.8) is 0 Å². The highest BCUT2D eigenvalue weighted by atomic mass is 16.5. The first-order valence-corrected chi connectivity index (χ1v) is 11.1. The number of rotatable bonds is 6. The summed E-state index contributed by atoms with van der Waals surface area (Å²) in [4.78, 5) is 4.86. The SMILES string of the molecule is Cc1nnc(CN=C(NCC(C)(C)c2ccccc2)NC2CCOc3ccccc32)n1C. The molecule has 0 aliphatic carbocycles. The average Bonchev–Trinajstić information content (AvgIpc) is 3.14. The van der Waals surface area contributed by atoms with E-state index in [9.17, 15) is 0 Å². The molecule has 1 aliphatic heterocycles. The molecule has 0 saturated heterocycles. The van der Waals surface area contributed by atoms with E-state index in [0.29, 0.717) is 13.2 Å². The van der Waals surface area contributed by atoms with Crippen LogP contribution in [-0.4, -0.2) is 33.9 Å². The Morgan fingerprint density at radius 3 is 2.62 bits per heavy atom. The first-order chi connectivity index (χ1) is 15.4. The van der Waals surface area contributed by atoms with Gasteiger partial charge >= 0.3 is 0 Å². The van der Waals surface area contributed by atoms with E-state index in [-0.39, 0.29) is 11.5 Å². The zero-order chi connectivity index (χ0) is 22.6. The van der Waals surface area contributed by atoms with E-state index in [2.05, 4.69) is 65.0 Å². The molecule has 0 radical (unpaired) electrons. The third kappa shape index (κ3) is 4.93. The zero-order valence-electron chi connectivity index (χ0n) is 19.3. The van der Waals surface area contributed by atoms with Crippen LogP contribution in [0.1, 0.15) is 49.1 Å². The predicted octanol–water partition coefficient (Wildman–Crippen LogP) is 3.66. The number of nitrogens with zero attached hydrogens (tertiary/aromatic N) is 4. The molecule has 0 bridgehead atoms. The molecule has 168 valence electrons. The highest BCUT2D eigenvalue weighted by Crippen LogP contribution is 2.31. The number of ether oxygens (including phenoxy) is 1. The predicted molar refractivity (Wildman–Crippen MR) is 127 cm³/mol. The molecular weight excluding hydrogens is 400 g/mol. The Labute approximate surface area is 189 Å². The summed E-state index contributed by atoms with van der Waals surface area (Å²) in [6.45, 7) is 8.29. The van der Waals surface area contributed by atoms with E-state index in [1.807, 2.05) is 42.8 Å². The van der Waals surface area contributed by atoms with E-state index < -0.39 is 0 Å². The molecule has 1 unspecified atom stereocenters. The summed E-state index contributed by atoms with van der Waals surface area (Å²) in [6, 6.07) is 18.9. The van der Waals surface area contributed by atoms with Gasteiger partial charge in [0.1, 0.15) is 18.1 Å². The summed E-state index contributed by atoms with van der Waals surface area (Å²) < 4.78 is 7.80. The first kappa shape index (κ1) is 21.9. The smallest absolute Gasteiger partial charge is 0.192 e. The zero-order valence-corrected chi connectivity index (χ0v) is 19.3. The normalized spacial score (nSPS) is 16.2. The lowest BCUT2D eigenvalue weighted by molar-refractivity contribution is 0.261. The van der Waals surface area contributed by atoms with Crippen LogP contribution in [0.15, 0.2) is 59.6 Å². The molecule has 1 aromatic heterocycles. The van der Waals surface area contributed by atoms with Crippen molar-refractivity contribution in [3.8, 4) is 5.75 Å². The van der Waals surface area contributed by atoms with Gasteiger partial charge in [-0.25, -0.2) is 4.99 Å². The van der Waals surface area contributed by atoms with Crippen LogP contribution < -0.4 is 15.4 Å². The molecule has 2 heterocycles. The van der Waals surface area contributed by atoms with Gasteiger partial charge in [-0.1, -0.05) is 62.4 Å². The van der Waals surface area contributed by atoms with Crippen LogP contribution in [-0.2, 0) is 19.0 Å². The van der Waals surface area contributed by atoms with Crippen molar-refractivity contribution >= 4 is 5.96 Å². The summed E-state index contributed by atoms with van der Waals surface area (Å²) >= 11 is 0. The Bertz CT molecular complexity index is 1070. The topological polar surface area (TPSA) is 76.4 Å². The maximum Gasteiger partial charge on any atom is 0.192 e. The molecule has 3 aromatic rings. The highest BCUT2D eigenvalue weighted by Gasteiger charge is 2.24. The molecule has 32 heavy (non-hydrogen) atoms. The molecule has 0 amide bonds. The largest absolute Gasteiger partial charge is 0.493 e. The van der Waals surface area contributed by atoms with Gasteiger partial charge in [-0.3, -0.25) is 0 Å². The van der Waals surface area contributed by atoms with Gasteiger partial charge in [0.05, 0.1) is 12.6 Å². The average molecular weight is 433 g/mol. The first-order valence-electron chi connectivity index (χ1n) is 11.1. The van der Waals surface area contributed by atoms with Crippen LogP contribution in [0.25, 0.3) is 0 Å². The van der Waals surface area contributed by atoms with Crippen LogP contribution in [0.2, 0.25) is 0 Å². The third-order valence-electron chi connectivity index (χ3n) is 6.08. The van der Waals surface area contributed by atoms with Crippen molar-refractivity contribution in [1.82, 2.24) is 25.4 Å². The molecule has 0 saturated carbocycles. The van der Waals surface area contributed by atoms with Crippen LogP contribution in [0.3, 0.4) is 0 Å². The molecule has 7 nitrogen and oxygen atoms in total. The second-order valence-electron chi connectivity index (χ2n) is 8.86. The number of aryl methyl sites for hydroxylation is 1. The Kier molecular flexibility index (Phi) is 6.44. The Morgan fingerprint density at radius 1 is 1.12 bits per heavy atom. The maximum atomic E-state index is 5.83. The van der Waals surface area contributed by atoms with E-state index in [1.54, 1.807) is 0 Å². The number of para-hydroxylation sites is 1. The molecule has 1 aliphatic rings. The quantitative estimate of drug-likeness (QED) is 0.459. The lowest BCUT2D eigenvalue weighted by Gasteiger charge is -2.30. The lowest BCUT2D eigenvalue weighted by Crippen LogP contribution is -2.45. The third-order valence-corrected chi connectivity index (χ3v) is 6.08. The van der Waals surface area contributed by atoms with Gasteiger partial charge in [0.2, 0.25) is 0 Å². The molecule has 2 N–H and O–H groups in total. The number of guanidine groups is 1. The number of aliphatic imine (C=N–C) groups is 1. The van der Waals surface area contributed by atoms with E-state index in [1.165, 1.54) is 5.56 Å². The summed E-state index contributed by atoms with van der Waals surface area (Å²) in [5.41, 5.74) is 2.39. The van der Waals surface area contributed by atoms with Gasteiger partial charge in [0.15, 0.2) is 11.8 Å². The molecule has 0 spiro atoms. The fourth-order valence-corrected chi connectivity index (χ4v) is 3.84.